The van der Waals surface area contributed by atoms with E-state index in [0.717, 1.165) is 34.0 Å². The van der Waals surface area contributed by atoms with Crippen LogP contribution in [-0.2, 0) is 18.3 Å². The van der Waals surface area contributed by atoms with Crippen LogP contribution >= 0.6 is 11.3 Å². The molecule has 0 bridgehead atoms. The van der Waals surface area contributed by atoms with E-state index in [9.17, 15) is 4.79 Å². The summed E-state index contributed by atoms with van der Waals surface area (Å²) in [4.78, 5) is 17.0. The standard InChI is InChI=1S/C21H22N4O2S/c1-12-15(14(3)27-24-12)9-10-19(26)23-21-22-17(11-28-21)20-13(2)25(4)18-8-6-5-7-16(18)20/h5-8,11H,9-10H2,1-4H3,(H,22,23,26). The highest BCUT2D eigenvalue weighted by Gasteiger charge is 2.17. The van der Waals surface area contributed by atoms with Crippen LogP contribution in [0.25, 0.3) is 22.2 Å². The number of para-hydroxylation sites is 1. The van der Waals surface area contributed by atoms with E-state index in [1.807, 2.05) is 31.4 Å². The van der Waals surface area contributed by atoms with Crippen LogP contribution in [-0.4, -0.2) is 20.6 Å². The topological polar surface area (TPSA) is 73.0 Å². The maximum Gasteiger partial charge on any atom is 0.226 e. The third-order valence-electron chi connectivity index (χ3n) is 5.19. The third-order valence-corrected chi connectivity index (χ3v) is 5.95. The fourth-order valence-corrected chi connectivity index (χ4v) is 4.29. The predicted molar refractivity (Wildman–Crippen MR) is 112 cm³/mol. The largest absolute Gasteiger partial charge is 0.361 e. The molecule has 0 unspecified atom stereocenters. The molecule has 0 fully saturated rings. The van der Waals surface area contributed by atoms with E-state index in [4.69, 9.17) is 4.52 Å². The van der Waals surface area contributed by atoms with Crippen molar-refractivity contribution in [1.82, 2.24) is 14.7 Å². The zero-order valence-electron chi connectivity index (χ0n) is 16.4. The van der Waals surface area contributed by atoms with Crippen LogP contribution in [0, 0.1) is 20.8 Å². The van der Waals surface area contributed by atoms with Gasteiger partial charge >= 0.3 is 0 Å². The number of aryl methyl sites for hydroxylation is 3. The molecule has 4 aromatic rings. The number of amides is 1. The summed E-state index contributed by atoms with van der Waals surface area (Å²) < 4.78 is 7.33. The van der Waals surface area contributed by atoms with Crippen LogP contribution in [0.3, 0.4) is 0 Å². The molecule has 0 atom stereocenters. The van der Waals surface area contributed by atoms with Crippen molar-refractivity contribution in [2.75, 3.05) is 5.32 Å². The Morgan fingerprint density at radius 2 is 2.04 bits per heavy atom. The van der Waals surface area contributed by atoms with Crippen molar-refractivity contribution in [1.29, 1.82) is 0 Å². The molecule has 28 heavy (non-hydrogen) atoms. The van der Waals surface area contributed by atoms with Gasteiger partial charge in [-0.05, 0) is 33.3 Å². The molecule has 6 nitrogen and oxygen atoms in total. The first kappa shape index (κ1) is 18.4. The Morgan fingerprint density at radius 1 is 1.25 bits per heavy atom. The predicted octanol–water partition coefficient (Wildman–Crippen LogP) is 4.79. The Hall–Kier alpha value is -2.93. The number of fused-ring (bicyclic) bond motifs is 1. The van der Waals surface area contributed by atoms with Crippen molar-refractivity contribution in [3.05, 3.63) is 52.4 Å². The second-order valence-corrected chi connectivity index (χ2v) is 7.78. The van der Waals surface area contributed by atoms with Gasteiger partial charge in [-0.3, -0.25) is 4.79 Å². The summed E-state index contributed by atoms with van der Waals surface area (Å²) in [6.45, 7) is 5.85. The summed E-state index contributed by atoms with van der Waals surface area (Å²) in [5, 5.41) is 10.6. The number of benzene rings is 1. The van der Waals surface area contributed by atoms with E-state index in [1.54, 1.807) is 0 Å². The first-order chi connectivity index (χ1) is 13.5. The minimum absolute atomic E-state index is 0.0597. The molecule has 1 aromatic carbocycles. The van der Waals surface area contributed by atoms with Gasteiger partial charge in [0.2, 0.25) is 5.91 Å². The molecule has 3 heterocycles. The van der Waals surface area contributed by atoms with Crippen molar-refractivity contribution in [3.8, 4) is 11.3 Å². The highest BCUT2D eigenvalue weighted by Crippen LogP contribution is 2.35. The van der Waals surface area contributed by atoms with Crippen molar-refractivity contribution in [3.63, 3.8) is 0 Å². The van der Waals surface area contributed by atoms with E-state index in [1.165, 1.54) is 22.2 Å². The van der Waals surface area contributed by atoms with Gasteiger partial charge < -0.3 is 14.4 Å². The smallest absolute Gasteiger partial charge is 0.226 e. The zero-order chi connectivity index (χ0) is 19.8. The maximum atomic E-state index is 12.4. The number of anilines is 1. The number of aromatic nitrogens is 3. The van der Waals surface area contributed by atoms with E-state index >= 15 is 0 Å². The first-order valence-corrected chi connectivity index (χ1v) is 10.0. The van der Waals surface area contributed by atoms with Crippen molar-refractivity contribution >= 4 is 33.3 Å². The molecule has 3 aromatic heterocycles. The molecule has 7 heteroatoms. The number of nitrogens with zero attached hydrogens (tertiary/aromatic N) is 3. The molecule has 1 N–H and O–H groups in total. The van der Waals surface area contributed by atoms with E-state index in [0.29, 0.717) is 18.0 Å². The van der Waals surface area contributed by atoms with Gasteiger partial charge in [-0.2, -0.15) is 0 Å². The van der Waals surface area contributed by atoms with Gasteiger partial charge in [0.25, 0.3) is 0 Å². The Morgan fingerprint density at radius 3 is 2.79 bits per heavy atom. The van der Waals surface area contributed by atoms with Gasteiger partial charge in [0.15, 0.2) is 5.13 Å². The Balaban J connectivity index is 1.51. The second kappa shape index (κ2) is 7.24. The number of thiazole rings is 1. The Labute approximate surface area is 167 Å². The lowest BCUT2D eigenvalue weighted by Gasteiger charge is -2.02. The van der Waals surface area contributed by atoms with E-state index in [2.05, 4.69) is 46.1 Å². The summed E-state index contributed by atoms with van der Waals surface area (Å²) in [6, 6.07) is 8.29. The first-order valence-electron chi connectivity index (χ1n) is 9.17. The summed E-state index contributed by atoms with van der Waals surface area (Å²) in [6.07, 6.45) is 0.971. The summed E-state index contributed by atoms with van der Waals surface area (Å²) in [7, 11) is 2.06. The van der Waals surface area contributed by atoms with Gasteiger partial charge in [-0.25, -0.2) is 4.98 Å². The average molecular weight is 395 g/mol. The molecule has 0 aliphatic heterocycles. The van der Waals surface area contributed by atoms with Gasteiger partial charge in [-0.1, -0.05) is 23.4 Å². The lowest BCUT2D eigenvalue weighted by molar-refractivity contribution is -0.116. The Kier molecular flexibility index (Phi) is 4.77. The second-order valence-electron chi connectivity index (χ2n) is 6.93. The van der Waals surface area contributed by atoms with Gasteiger partial charge in [0.1, 0.15) is 5.76 Å². The molecule has 1 amide bonds. The van der Waals surface area contributed by atoms with Crippen LogP contribution < -0.4 is 5.32 Å². The molecule has 0 saturated carbocycles. The summed E-state index contributed by atoms with van der Waals surface area (Å²) in [5.41, 5.74) is 6.18. The van der Waals surface area contributed by atoms with E-state index < -0.39 is 0 Å². The number of carbonyl (C=O) groups excluding carboxylic acids is 1. The van der Waals surface area contributed by atoms with Gasteiger partial charge in [-0.15, -0.1) is 11.3 Å². The third kappa shape index (κ3) is 3.22. The molecule has 4 rings (SSSR count). The molecule has 144 valence electrons. The molecular formula is C21H22N4O2S. The fraction of sp³-hybridized carbons (Fsp3) is 0.286. The molecular weight excluding hydrogens is 372 g/mol. The van der Waals surface area contributed by atoms with E-state index in [-0.39, 0.29) is 5.91 Å². The Bertz CT molecular complexity index is 1150. The summed E-state index contributed by atoms with van der Waals surface area (Å²) >= 11 is 1.45. The van der Waals surface area contributed by atoms with Crippen LogP contribution in [0.4, 0.5) is 5.13 Å². The quantitative estimate of drug-likeness (QED) is 0.528. The lowest BCUT2D eigenvalue weighted by atomic mass is 10.1. The number of carbonyl (C=O) groups is 1. The monoisotopic (exact) mass is 394 g/mol. The number of nitrogens with one attached hydrogen (secondary N) is 1. The lowest BCUT2D eigenvalue weighted by Crippen LogP contribution is -2.12. The normalized spacial score (nSPS) is 11.3. The average Bonchev–Trinajstić information content (AvgIpc) is 3.33. The number of rotatable bonds is 5. The minimum atomic E-state index is -0.0597. The highest BCUT2D eigenvalue weighted by molar-refractivity contribution is 7.14. The molecule has 0 spiro atoms. The van der Waals surface area contributed by atoms with Gasteiger partial charge in [0, 0.05) is 46.6 Å². The van der Waals surface area contributed by atoms with Crippen LogP contribution in [0.15, 0.2) is 34.2 Å². The fourth-order valence-electron chi connectivity index (χ4n) is 3.57. The highest BCUT2D eigenvalue weighted by atomic mass is 32.1. The minimum Gasteiger partial charge on any atom is -0.361 e. The van der Waals surface area contributed by atoms with Crippen molar-refractivity contribution in [2.45, 2.75) is 33.6 Å². The SMILES string of the molecule is Cc1noc(C)c1CCC(=O)Nc1nc(-c2c(C)n(C)c3ccccc23)cs1. The molecule has 0 radical (unpaired) electrons. The number of hydrogen-bond acceptors (Lipinski definition) is 5. The van der Waals surface area contributed by atoms with Crippen molar-refractivity contribution < 1.29 is 9.32 Å². The maximum absolute atomic E-state index is 12.4. The van der Waals surface area contributed by atoms with Crippen molar-refractivity contribution in [2.24, 2.45) is 7.05 Å². The summed E-state index contributed by atoms with van der Waals surface area (Å²) in [5.74, 6) is 0.712. The molecule has 0 aliphatic carbocycles. The van der Waals surface area contributed by atoms with Crippen LogP contribution in [0.1, 0.15) is 29.1 Å². The van der Waals surface area contributed by atoms with Crippen LogP contribution in [0.5, 0.6) is 0 Å². The van der Waals surface area contributed by atoms with Gasteiger partial charge in [0.05, 0.1) is 11.4 Å². The van der Waals surface area contributed by atoms with Crippen LogP contribution in [0.2, 0.25) is 0 Å². The zero-order valence-corrected chi connectivity index (χ0v) is 17.2. The molecule has 0 saturated heterocycles. The number of hydrogen-bond donors (Lipinski definition) is 1. The molecule has 0 aliphatic rings.